The number of nitrogens with one attached hydrogen (secondary N) is 1. The van der Waals surface area contributed by atoms with E-state index in [0.717, 1.165) is 0 Å². The van der Waals surface area contributed by atoms with E-state index in [0.29, 0.717) is 0 Å². The van der Waals surface area contributed by atoms with Gasteiger partial charge in [-0.1, -0.05) is 0 Å². The molecule has 6 heteroatoms. The molecular weight excluding hydrogens is 190 g/mol. The highest BCUT2D eigenvalue weighted by Crippen LogP contribution is 2.15. The van der Waals surface area contributed by atoms with Gasteiger partial charge in [-0.25, -0.2) is 9.59 Å². The summed E-state index contributed by atoms with van der Waals surface area (Å²) in [6.07, 6.45) is -0.769. The number of rotatable bonds is 2. The van der Waals surface area contributed by atoms with Crippen LogP contribution in [0.4, 0.5) is 0 Å². The molecule has 78 valence electrons. The van der Waals surface area contributed by atoms with E-state index >= 15 is 0 Å². The molecule has 1 saturated heterocycles. The number of carbonyl (C=O) groups excluding carboxylic acids is 3. The third-order valence-electron chi connectivity index (χ3n) is 1.83. The Morgan fingerprint density at radius 3 is 2.71 bits per heavy atom. The van der Waals surface area contributed by atoms with Crippen molar-refractivity contribution >= 4 is 17.8 Å². The number of hydrogen-bond donors (Lipinski definition) is 1. The van der Waals surface area contributed by atoms with Crippen molar-refractivity contribution in [3.63, 3.8) is 0 Å². The predicted molar refractivity (Wildman–Crippen MR) is 44.1 cm³/mol. The van der Waals surface area contributed by atoms with Gasteiger partial charge in [-0.05, 0) is 0 Å². The van der Waals surface area contributed by atoms with Crippen LogP contribution in [-0.4, -0.2) is 37.1 Å². The molecule has 1 N–H and O–H groups in total. The molecule has 0 aromatic heterocycles. The van der Waals surface area contributed by atoms with Crippen molar-refractivity contribution in [1.82, 2.24) is 5.32 Å². The standard InChI is InChI=1S/C8H11NO5/c1-4(10)9-5-3-6(8(12)13-2)14-7(5)11/h5-6H,3H2,1-2H3,(H,9,10)/t5-,6-/m0/s1. The van der Waals surface area contributed by atoms with Crippen molar-refractivity contribution in [3.05, 3.63) is 0 Å². The summed E-state index contributed by atoms with van der Waals surface area (Å²) in [5, 5.41) is 2.38. The zero-order valence-corrected chi connectivity index (χ0v) is 7.90. The van der Waals surface area contributed by atoms with E-state index in [-0.39, 0.29) is 12.3 Å². The lowest BCUT2D eigenvalue weighted by atomic mass is 10.2. The quantitative estimate of drug-likeness (QED) is 0.578. The van der Waals surface area contributed by atoms with E-state index in [1.807, 2.05) is 0 Å². The van der Waals surface area contributed by atoms with Crippen LogP contribution in [0.3, 0.4) is 0 Å². The van der Waals surface area contributed by atoms with Crippen molar-refractivity contribution in [2.75, 3.05) is 7.11 Å². The topological polar surface area (TPSA) is 81.7 Å². The molecule has 2 atom stereocenters. The van der Waals surface area contributed by atoms with Crippen molar-refractivity contribution in [1.29, 1.82) is 0 Å². The van der Waals surface area contributed by atoms with Gasteiger partial charge in [0.05, 0.1) is 7.11 Å². The number of esters is 2. The van der Waals surface area contributed by atoms with Crippen LogP contribution in [0.1, 0.15) is 13.3 Å². The van der Waals surface area contributed by atoms with E-state index in [1.54, 1.807) is 0 Å². The Labute approximate surface area is 80.5 Å². The van der Waals surface area contributed by atoms with Crippen LogP contribution in [0.15, 0.2) is 0 Å². The van der Waals surface area contributed by atoms with Crippen molar-refractivity contribution in [2.45, 2.75) is 25.5 Å². The van der Waals surface area contributed by atoms with E-state index in [2.05, 4.69) is 10.1 Å². The molecule has 6 nitrogen and oxygen atoms in total. The highest BCUT2D eigenvalue weighted by atomic mass is 16.6. The number of ether oxygens (including phenoxy) is 2. The fraction of sp³-hybridized carbons (Fsp3) is 0.625. The minimum Gasteiger partial charge on any atom is -0.466 e. The van der Waals surface area contributed by atoms with E-state index in [1.165, 1.54) is 14.0 Å². The monoisotopic (exact) mass is 201 g/mol. The second-order valence-electron chi connectivity index (χ2n) is 2.94. The van der Waals surface area contributed by atoms with Gasteiger partial charge in [0.2, 0.25) is 12.0 Å². The Morgan fingerprint density at radius 2 is 2.21 bits per heavy atom. The molecule has 1 fully saturated rings. The second kappa shape index (κ2) is 4.08. The average Bonchev–Trinajstić information content (AvgIpc) is 2.46. The average molecular weight is 201 g/mol. The lowest BCUT2D eigenvalue weighted by molar-refractivity contribution is -0.159. The number of methoxy groups -OCH3 is 1. The highest BCUT2D eigenvalue weighted by Gasteiger charge is 2.39. The first kappa shape index (κ1) is 10.5. The van der Waals surface area contributed by atoms with Crippen LogP contribution in [-0.2, 0) is 23.9 Å². The lowest BCUT2D eigenvalue weighted by Gasteiger charge is -2.05. The number of hydrogen-bond acceptors (Lipinski definition) is 5. The molecule has 0 aromatic carbocycles. The molecule has 0 unspecified atom stereocenters. The van der Waals surface area contributed by atoms with Crippen molar-refractivity contribution in [3.8, 4) is 0 Å². The summed E-state index contributed by atoms with van der Waals surface area (Å²) in [6.45, 7) is 1.29. The summed E-state index contributed by atoms with van der Waals surface area (Å²) in [7, 11) is 1.21. The maximum Gasteiger partial charge on any atom is 0.347 e. The fourth-order valence-electron chi connectivity index (χ4n) is 1.22. The Balaban J connectivity index is 2.55. The van der Waals surface area contributed by atoms with Gasteiger partial charge in [0.15, 0.2) is 0 Å². The Hall–Kier alpha value is -1.59. The third kappa shape index (κ3) is 2.21. The maximum absolute atomic E-state index is 11.1. The molecule has 0 aromatic rings. The molecule has 0 radical (unpaired) electrons. The maximum atomic E-state index is 11.1. The zero-order valence-electron chi connectivity index (χ0n) is 7.90. The summed E-state index contributed by atoms with van der Waals surface area (Å²) in [5.41, 5.74) is 0. The minimum atomic E-state index is -0.899. The molecular formula is C8H11NO5. The van der Waals surface area contributed by atoms with Crippen LogP contribution in [0.2, 0.25) is 0 Å². The number of cyclic esters (lactones) is 1. The summed E-state index contributed by atoms with van der Waals surface area (Å²) in [6, 6.07) is -0.739. The third-order valence-corrected chi connectivity index (χ3v) is 1.83. The first-order valence-corrected chi connectivity index (χ1v) is 4.10. The van der Waals surface area contributed by atoms with Gasteiger partial charge in [0.1, 0.15) is 6.04 Å². The van der Waals surface area contributed by atoms with Crippen LogP contribution < -0.4 is 5.32 Å². The van der Waals surface area contributed by atoms with Gasteiger partial charge in [0, 0.05) is 13.3 Å². The van der Waals surface area contributed by atoms with Crippen LogP contribution >= 0.6 is 0 Å². The second-order valence-corrected chi connectivity index (χ2v) is 2.94. The normalized spacial score (nSPS) is 25.4. The molecule has 1 amide bonds. The number of amides is 1. The van der Waals surface area contributed by atoms with Gasteiger partial charge in [-0.2, -0.15) is 0 Å². The predicted octanol–water partition coefficient (Wildman–Crippen LogP) is -1.02. The summed E-state index contributed by atoms with van der Waals surface area (Å²) in [5.74, 6) is -1.54. The highest BCUT2D eigenvalue weighted by molar-refractivity contribution is 5.89. The molecule has 1 heterocycles. The van der Waals surface area contributed by atoms with Crippen LogP contribution in [0.5, 0.6) is 0 Å². The van der Waals surface area contributed by atoms with E-state index in [4.69, 9.17) is 4.74 Å². The van der Waals surface area contributed by atoms with E-state index in [9.17, 15) is 14.4 Å². The smallest absolute Gasteiger partial charge is 0.347 e. The minimum absolute atomic E-state index is 0.130. The summed E-state index contributed by atoms with van der Waals surface area (Å²) >= 11 is 0. The SMILES string of the molecule is COC(=O)[C@@H]1C[C@H](NC(C)=O)C(=O)O1. The Bertz CT molecular complexity index is 275. The van der Waals surface area contributed by atoms with Gasteiger partial charge in [0.25, 0.3) is 0 Å². The fourth-order valence-corrected chi connectivity index (χ4v) is 1.22. The molecule has 0 saturated carbocycles. The molecule has 1 aliphatic rings. The van der Waals surface area contributed by atoms with Crippen LogP contribution in [0.25, 0.3) is 0 Å². The Kier molecular flexibility index (Phi) is 3.06. The molecule has 0 bridgehead atoms. The first-order chi connectivity index (χ1) is 6.54. The van der Waals surface area contributed by atoms with Crippen LogP contribution in [0, 0.1) is 0 Å². The molecule has 14 heavy (non-hydrogen) atoms. The molecule has 1 rings (SSSR count). The summed E-state index contributed by atoms with van der Waals surface area (Å²) < 4.78 is 9.11. The van der Waals surface area contributed by atoms with E-state index < -0.39 is 24.1 Å². The van der Waals surface area contributed by atoms with Crippen molar-refractivity contribution in [2.24, 2.45) is 0 Å². The molecule has 0 aliphatic carbocycles. The molecule has 0 spiro atoms. The number of carbonyl (C=O) groups is 3. The van der Waals surface area contributed by atoms with Gasteiger partial charge in [-0.3, -0.25) is 4.79 Å². The first-order valence-electron chi connectivity index (χ1n) is 4.10. The Morgan fingerprint density at radius 1 is 1.57 bits per heavy atom. The molecule has 1 aliphatic heterocycles. The zero-order chi connectivity index (χ0) is 10.7. The van der Waals surface area contributed by atoms with Crippen molar-refractivity contribution < 1.29 is 23.9 Å². The van der Waals surface area contributed by atoms with Gasteiger partial charge < -0.3 is 14.8 Å². The lowest BCUT2D eigenvalue weighted by Crippen LogP contribution is -2.36. The summed E-state index contributed by atoms with van der Waals surface area (Å²) in [4.78, 5) is 32.7. The van der Waals surface area contributed by atoms with Gasteiger partial charge in [-0.15, -0.1) is 0 Å². The largest absolute Gasteiger partial charge is 0.466 e. The van der Waals surface area contributed by atoms with Gasteiger partial charge >= 0.3 is 11.9 Å².